The van der Waals surface area contributed by atoms with Crippen molar-refractivity contribution in [1.29, 1.82) is 0 Å². The van der Waals surface area contributed by atoms with Gasteiger partial charge in [-0.3, -0.25) is 9.50 Å². The molecule has 1 aromatic carbocycles. The molecule has 0 bridgehead atoms. The highest BCUT2D eigenvalue weighted by Crippen LogP contribution is 1.98. The standard InChI is InChI=1S/C8H8O.FH/c1-7-2-4-8(6-9)5-3-7;/h2-6H,1H3;1H. The van der Waals surface area contributed by atoms with E-state index in [1.807, 2.05) is 31.2 Å². The molecule has 1 rings (SSSR count). The molecule has 0 aliphatic heterocycles. The molecule has 0 atom stereocenters. The molecular weight excluding hydrogens is 131 g/mol. The first-order valence-corrected chi connectivity index (χ1v) is 2.85. The number of hydrogen-bond acceptors (Lipinski definition) is 1. The van der Waals surface area contributed by atoms with Gasteiger partial charge < -0.3 is 0 Å². The van der Waals surface area contributed by atoms with Crippen LogP contribution in [0.5, 0.6) is 0 Å². The molecule has 0 amide bonds. The van der Waals surface area contributed by atoms with Crippen molar-refractivity contribution in [3.05, 3.63) is 35.4 Å². The molecule has 0 aromatic heterocycles. The first-order valence-electron chi connectivity index (χ1n) is 2.85. The van der Waals surface area contributed by atoms with E-state index < -0.39 is 0 Å². The van der Waals surface area contributed by atoms with Gasteiger partial charge in [-0.05, 0) is 6.92 Å². The van der Waals surface area contributed by atoms with Gasteiger partial charge in [-0.25, -0.2) is 0 Å². The quantitative estimate of drug-likeness (QED) is 0.545. The van der Waals surface area contributed by atoms with E-state index in [1.165, 1.54) is 5.56 Å². The van der Waals surface area contributed by atoms with Crippen LogP contribution in [0.15, 0.2) is 24.3 Å². The van der Waals surface area contributed by atoms with Crippen LogP contribution in [0.3, 0.4) is 0 Å². The number of carbonyl (C=O) groups is 1. The van der Waals surface area contributed by atoms with Crippen molar-refractivity contribution in [1.82, 2.24) is 0 Å². The van der Waals surface area contributed by atoms with Gasteiger partial charge in [-0.15, -0.1) is 0 Å². The van der Waals surface area contributed by atoms with Crippen molar-refractivity contribution in [3.8, 4) is 0 Å². The Morgan fingerprint density at radius 3 is 2.10 bits per heavy atom. The minimum atomic E-state index is 0. The highest BCUT2D eigenvalue weighted by Gasteiger charge is 1.85. The summed E-state index contributed by atoms with van der Waals surface area (Å²) in [5.74, 6) is 0. The fourth-order valence-electron chi connectivity index (χ4n) is 0.645. The molecule has 0 saturated carbocycles. The number of aryl methyl sites for hydroxylation is 1. The van der Waals surface area contributed by atoms with Crippen LogP contribution in [0.25, 0.3) is 0 Å². The number of carbonyl (C=O) groups excluding carboxylic acids is 1. The van der Waals surface area contributed by atoms with Crippen LogP contribution >= 0.6 is 0 Å². The molecular formula is C8H9FO. The third-order valence-corrected chi connectivity index (χ3v) is 1.21. The lowest BCUT2D eigenvalue weighted by Gasteiger charge is -1.89. The molecule has 1 nitrogen and oxygen atoms in total. The third-order valence-electron chi connectivity index (χ3n) is 1.21. The van der Waals surface area contributed by atoms with Gasteiger partial charge in [0.1, 0.15) is 6.29 Å². The zero-order valence-corrected chi connectivity index (χ0v) is 5.70. The minimum Gasteiger partial charge on any atom is -0.298 e. The molecule has 0 spiro atoms. The summed E-state index contributed by atoms with van der Waals surface area (Å²) < 4.78 is 0. The Bertz CT molecular complexity index is 203. The first-order chi connectivity index (χ1) is 4.33. The molecule has 0 fully saturated rings. The second kappa shape index (κ2) is 3.77. The van der Waals surface area contributed by atoms with Crippen LogP contribution < -0.4 is 0 Å². The summed E-state index contributed by atoms with van der Waals surface area (Å²) in [4.78, 5) is 10.1. The smallest absolute Gasteiger partial charge is 0.150 e. The van der Waals surface area contributed by atoms with Gasteiger partial charge in [0, 0.05) is 5.56 Å². The molecule has 0 saturated heterocycles. The van der Waals surface area contributed by atoms with Gasteiger partial charge in [-0.1, -0.05) is 29.8 Å². The van der Waals surface area contributed by atoms with E-state index in [-0.39, 0.29) is 4.70 Å². The van der Waals surface area contributed by atoms with Gasteiger partial charge >= 0.3 is 0 Å². The molecule has 2 heteroatoms. The molecule has 0 unspecified atom stereocenters. The monoisotopic (exact) mass is 140 g/mol. The van der Waals surface area contributed by atoms with E-state index in [0.717, 1.165) is 11.8 Å². The topological polar surface area (TPSA) is 17.1 Å². The van der Waals surface area contributed by atoms with E-state index >= 15 is 0 Å². The third kappa shape index (κ3) is 1.97. The number of benzene rings is 1. The van der Waals surface area contributed by atoms with Crippen LogP contribution in [0.1, 0.15) is 15.9 Å². The number of hydrogen-bond donors (Lipinski definition) is 0. The average molecular weight is 140 g/mol. The fraction of sp³-hybridized carbons (Fsp3) is 0.125. The molecule has 0 N–H and O–H groups in total. The van der Waals surface area contributed by atoms with Crippen molar-refractivity contribution in [3.63, 3.8) is 0 Å². The minimum absolute atomic E-state index is 0. The molecule has 10 heavy (non-hydrogen) atoms. The van der Waals surface area contributed by atoms with Crippen LogP contribution in [0, 0.1) is 6.92 Å². The van der Waals surface area contributed by atoms with Gasteiger partial charge in [-0.2, -0.15) is 0 Å². The Morgan fingerprint density at radius 1 is 1.20 bits per heavy atom. The Balaban J connectivity index is 0.000000810. The summed E-state index contributed by atoms with van der Waals surface area (Å²) in [5.41, 5.74) is 1.92. The van der Waals surface area contributed by atoms with Crippen molar-refractivity contribution in [2.24, 2.45) is 0 Å². The van der Waals surface area contributed by atoms with Crippen LogP contribution in [0.2, 0.25) is 0 Å². The Hall–Kier alpha value is -1.18. The average Bonchev–Trinajstić information content (AvgIpc) is 1.90. The van der Waals surface area contributed by atoms with E-state index in [1.54, 1.807) is 0 Å². The summed E-state index contributed by atoms with van der Waals surface area (Å²) >= 11 is 0. The van der Waals surface area contributed by atoms with Gasteiger partial charge in [0.2, 0.25) is 0 Å². The molecule has 0 aliphatic carbocycles. The Kier molecular flexibility index (Phi) is 3.33. The maximum absolute atomic E-state index is 10.1. The SMILES string of the molecule is Cc1ccc(C=O)cc1.F. The van der Waals surface area contributed by atoms with Gasteiger partial charge in [0.05, 0.1) is 0 Å². The molecule has 0 radical (unpaired) electrons. The Morgan fingerprint density at radius 2 is 1.70 bits per heavy atom. The molecule has 0 heterocycles. The highest BCUT2D eigenvalue weighted by atomic mass is 19.0. The number of halogens is 1. The summed E-state index contributed by atoms with van der Waals surface area (Å²) in [7, 11) is 0. The summed E-state index contributed by atoms with van der Waals surface area (Å²) in [6, 6.07) is 7.46. The van der Waals surface area contributed by atoms with Crippen molar-refractivity contribution in [2.75, 3.05) is 0 Å². The lowest BCUT2D eigenvalue weighted by Crippen LogP contribution is -1.77. The van der Waals surface area contributed by atoms with Gasteiger partial charge in [0.25, 0.3) is 0 Å². The molecule has 0 aliphatic rings. The van der Waals surface area contributed by atoms with E-state index in [0.29, 0.717) is 0 Å². The number of rotatable bonds is 1. The van der Waals surface area contributed by atoms with Gasteiger partial charge in [0.15, 0.2) is 0 Å². The largest absolute Gasteiger partial charge is 0.298 e. The Labute approximate surface area is 59.1 Å². The first kappa shape index (κ1) is 8.82. The van der Waals surface area contributed by atoms with Crippen LogP contribution in [-0.2, 0) is 0 Å². The predicted octanol–water partition coefficient (Wildman–Crippen LogP) is 1.96. The van der Waals surface area contributed by atoms with Crippen molar-refractivity contribution < 1.29 is 9.50 Å². The zero-order chi connectivity index (χ0) is 6.69. The zero-order valence-electron chi connectivity index (χ0n) is 5.70. The lowest BCUT2D eigenvalue weighted by atomic mass is 10.2. The number of aldehydes is 1. The normalized spacial score (nSPS) is 8.10. The maximum atomic E-state index is 10.1. The second-order valence-electron chi connectivity index (χ2n) is 2.03. The lowest BCUT2D eigenvalue weighted by molar-refractivity contribution is 0.112. The van der Waals surface area contributed by atoms with Crippen molar-refractivity contribution in [2.45, 2.75) is 6.92 Å². The fourth-order valence-corrected chi connectivity index (χ4v) is 0.645. The van der Waals surface area contributed by atoms with E-state index in [2.05, 4.69) is 0 Å². The highest BCUT2D eigenvalue weighted by molar-refractivity contribution is 5.74. The molecule has 54 valence electrons. The van der Waals surface area contributed by atoms with E-state index in [9.17, 15) is 4.79 Å². The van der Waals surface area contributed by atoms with Crippen LogP contribution in [0.4, 0.5) is 4.70 Å². The van der Waals surface area contributed by atoms with Crippen LogP contribution in [-0.4, -0.2) is 6.29 Å². The predicted molar refractivity (Wildman–Crippen MR) is 39.1 cm³/mol. The summed E-state index contributed by atoms with van der Waals surface area (Å²) in [5, 5.41) is 0. The molecule has 1 aromatic rings. The summed E-state index contributed by atoms with van der Waals surface area (Å²) in [6.07, 6.45) is 0.847. The maximum Gasteiger partial charge on any atom is 0.150 e. The van der Waals surface area contributed by atoms with E-state index in [4.69, 9.17) is 0 Å². The second-order valence-corrected chi connectivity index (χ2v) is 2.03. The summed E-state index contributed by atoms with van der Waals surface area (Å²) in [6.45, 7) is 1.99. The van der Waals surface area contributed by atoms with Crippen molar-refractivity contribution >= 4 is 6.29 Å².